The van der Waals surface area contributed by atoms with E-state index in [2.05, 4.69) is 10.1 Å². The number of aromatic nitrogens is 2. The fourth-order valence-electron chi connectivity index (χ4n) is 2.29. The predicted molar refractivity (Wildman–Crippen MR) is 70.5 cm³/mol. The van der Waals surface area contributed by atoms with Crippen molar-refractivity contribution < 1.29 is 9.26 Å². The number of ether oxygens (including phenoxy) is 1. The highest BCUT2D eigenvalue weighted by molar-refractivity contribution is 5.46. The third-order valence-corrected chi connectivity index (χ3v) is 3.36. The molecule has 0 bridgehead atoms. The summed E-state index contributed by atoms with van der Waals surface area (Å²) in [6.07, 6.45) is 3.56. The number of hydrogen-bond acceptors (Lipinski definition) is 5. The molecule has 1 aliphatic rings. The molecule has 0 aliphatic carbocycles. The van der Waals surface area contributed by atoms with E-state index < -0.39 is 0 Å². The number of nitrogen functional groups attached to an aromatic ring is 1. The van der Waals surface area contributed by atoms with E-state index in [0.29, 0.717) is 18.1 Å². The van der Waals surface area contributed by atoms with Crippen LogP contribution in [0.2, 0.25) is 0 Å². The first-order valence-electron chi connectivity index (χ1n) is 6.60. The highest BCUT2D eigenvalue weighted by atomic mass is 16.5. The Morgan fingerprint density at radius 1 is 1.26 bits per heavy atom. The molecule has 5 heteroatoms. The lowest BCUT2D eigenvalue weighted by Crippen LogP contribution is -1.99. The van der Waals surface area contributed by atoms with Crippen LogP contribution in [0.25, 0.3) is 0 Å². The number of benzene rings is 1. The smallest absolute Gasteiger partial charge is 0.227 e. The normalized spacial score (nSPS) is 18.8. The number of nitrogens with two attached hydrogens (primary N) is 1. The van der Waals surface area contributed by atoms with E-state index >= 15 is 0 Å². The van der Waals surface area contributed by atoms with Gasteiger partial charge in [0.05, 0.1) is 0 Å². The van der Waals surface area contributed by atoms with Gasteiger partial charge in [-0.2, -0.15) is 4.98 Å². The summed E-state index contributed by atoms with van der Waals surface area (Å²) in [5.41, 5.74) is 7.82. The van der Waals surface area contributed by atoms with Gasteiger partial charge in [0.25, 0.3) is 0 Å². The maximum atomic E-state index is 5.90. The Morgan fingerprint density at radius 2 is 2.16 bits per heavy atom. The predicted octanol–water partition coefficient (Wildman–Crippen LogP) is 2.29. The van der Waals surface area contributed by atoms with Gasteiger partial charge in [0.1, 0.15) is 6.10 Å². The van der Waals surface area contributed by atoms with Crippen molar-refractivity contribution in [2.45, 2.75) is 31.8 Å². The van der Waals surface area contributed by atoms with Crippen LogP contribution in [0.4, 0.5) is 5.69 Å². The minimum atomic E-state index is 0.0132. The second kappa shape index (κ2) is 5.40. The van der Waals surface area contributed by atoms with Crippen molar-refractivity contribution in [3.63, 3.8) is 0 Å². The van der Waals surface area contributed by atoms with Crippen LogP contribution in [-0.2, 0) is 17.6 Å². The highest BCUT2D eigenvalue weighted by Gasteiger charge is 2.22. The minimum absolute atomic E-state index is 0.0132. The van der Waals surface area contributed by atoms with E-state index in [9.17, 15) is 0 Å². The molecule has 19 heavy (non-hydrogen) atoms. The fraction of sp³-hybridized carbons (Fsp3) is 0.429. The van der Waals surface area contributed by atoms with Gasteiger partial charge in [-0.05, 0) is 30.9 Å². The first kappa shape index (κ1) is 12.2. The van der Waals surface area contributed by atoms with Crippen LogP contribution >= 0.6 is 0 Å². The Labute approximate surface area is 111 Å². The van der Waals surface area contributed by atoms with Gasteiger partial charge in [0.2, 0.25) is 11.7 Å². The summed E-state index contributed by atoms with van der Waals surface area (Å²) in [6, 6.07) is 7.84. The molecule has 100 valence electrons. The van der Waals surface area contributed by atoms with Crippen LogP contribution < -0.4 is 5.73 Å². The number of rotatable bonds is 4. The lowest BCUT2D eigenvalue weighted by Gasteiger charge is -2.02. The third kappa shape index (κ3) is 2.76. The first-order chi connectivity index (χ1) is 9.33. The number of para-hydroxylation sites is 1. The molecule has 0 amide bonds. The van der Waals surface area contributed by atoms with Gasteiger partial charge in [-0.3, -0.25) is 0 Å². The van der Waals surface area contributed by atoms with Crippen molar-refractivity contribution in [3.05, 3.63) is 41.5 Å². The number of nitrogens with zero attached hydrogens (tertiary/aromatic N) is 2. The van der Waals surface area contributed by atoms with Gasteiger partial charge < -0.3 is 15.0 Å². The van der Waals surface area contributed by atoms with Gasteiger partial charge in [-0.25, -0.2) is 0 Å². The highest BCUT2D eigenvalue weighted by Crippen LogP contribution is 2.26. The molecular weight excluding hydrogens is 242 g/mol. The molecular formula is C14H17N3O2. The molecule has 1 aromatic heterocycles. The number of hydrogen-bond donors (Lipinski definition) is 1. The molecule has 1 saturated heterocycles. The summed E-state index contributed by atoms with van der Waals surface area (Å²) in [5.74, 6) is 1.32. The van der Waals surface area contributed by atoms with E-state index in [1.807, 2.05) is 24.3 Å². The van der Waals surface area contributed by atoms with Gasteiger partial charge in [-0.15, -0.1) is 0 Å². The topological polar surface area (TPSA) is 74.2 Å². The van der Waals surface area contributed by atoms with Crippen molar-refractivity contribution in [3.8, 4) is 0 Å². The average Bonchev–Trinajstić information content (AvgIpc) is 3.09. The van der Waals surface area contributed by atoms with Crippen LogP contribution in [-0.4, -0.2) is 16.7 Å². The second-order valence-corrected chi connectivity index (χ2v) is 4.75. The Bertz CT molecular complexity index is 547. The largest absolute Gasteiger partial charge is 0.399 e. The molecule has 5 nitrogen and oxygen atoms in total. The van der Waals surface area contributed by atoms with E-state index in [1.54, 1.807) is 0 Å². The summed E-state index contributed by atoms with van der Waals surface area (Å²) in [7, 11) is 0. The van der Waals surface area contributed by atoms with Gasteiger partial charge >= 0.3 is 0 Å². The summed E-state index contributed by atoms with van der Waals surface area (Å²) in [6.45, 7) is 0.787. The average molecular weight is 259 g/mol. The van der Waals surface area contributed by atoms with Crippen LogP contribution in [0.5, 0.6) is 0 Å². The molecule has 1 aliphatic heterocycles. The van der Waals surface area contributed by atoms with Gasteiger partial charge in [-0.1, -0.05) is 23.4 Å². The fourth-order valence-corrected chi connectivity index (χ4v) is 2.29. The summed E-state index contributed by atoms with van der Waals surface area (Å²) < 4.78 is 10.8. The van der Waals surface area contributed by atoms with Crippen molar-refractivity contribution in [1.82, 2.24) is 10.1 Å². The molecule has 2 heterocycles. The van der Waals surface area contributed by atoms with Crippen molar-refractivity contribution >= 4 is 5.69 Å². The maximum Gasteiger partial charge on any atom is 0.227 e. The minimum Gasteiger partial charge on any atom is -0.399 e. The molecule has 2 N–H and O–H groups in total. The van der Waals surface area contributed by atoms with Crippen molar-refractivity contribution in [2.24, 2.45) is 0 Å². The quantitative estimate of drug-likeness (QED) is 0.853. The monoisotopic (exact) mass is 259 g/mol. The summed E-state index contributed by atoms with van der Waals surface area (Å²) >= 11 is 0. The molecule has 1 fully saturated rings. The van der Waals surface area contributed by atoms with Crippen LogP contribution in [0, 0.1) is 0 Å². The standard InChI is InChI=1S/C14H17N3O2/c15-11-5-2-1-4-10(11)7-8-13-16-14(17-19-13)12-6-3-9-18-12/h1-2,4-5,12H,3,6-9,15H2. The first-order valence-corrected chi connectivity index (χ1v) is 6.60. The zero-order valence-corrected chi connectivity index (χ0v) is 10.7. The van der Waals surface area contributed by atoms with Crippen LogP contribution in [0.1, 0.15) is 36.2 Å². The Morgan fingerprint density at radius 3 is 2.95 bits per heavy atom. The molecule has 0 radical (unpaired) electrons. The van der Waals surface area contributed by atoms with Crippen LogP contribution in [0.15, 0.2) is 28.8 Å². The molecule has 1 aromatic carbocycles. The summed E-state index contributed by atoms with van der Waals surface area (Å²) in [4.78, 5) is 4.39. The Hall–Kier alpha value is -1.88. The molecule has 3 rings (SSSR count). The molecule has 1 unspecified atom stereocenters. The SMILES string of the molecule is Nc1ccccc1CCc1nc(C2CCCO2)no1. The van der Waals surface area contributed by atoms with E-state index in [4.69, 9.17) is 15.0 Å². The lowest BCUT2D eigenvalue weighted by atomic mass is 10.1. The zero-order chi connectivity index (χ0) is 13.1. The number of aryl methyl sites for hydroxylation is 2. The molecule has 1 atom stereocenters. The molecule has 2 aromatic rings. The Kier molecular flexibility index (Phi) is 3.46. The van der Waals surface area contributed by atoms with E-state index in [-0.39, 0.29) is 6.10 Å². The van der Waals surface area contributed by atoms with E-state index in [1.165, 1.54) is 0 Å². The van der Waals surface area contributed by atoms with Crippen molar-refractivity contribution in [1.29, 1.82) is 0 Å². The summed E-state index contributed by atoms with van der Waals surface area (Å²) in [5, 5.41) is 3.99. The number of anilines is 1. The lowest BCUT2D eigenvalue weighted by molar-refractivity contribution is 0.103. The zero-order valence-electron chi connectivity index (χ0n) is 10.7. The van der Waals surface area contributed by atoms with Gasteiger partial charge in [0, 0.05) is 18.7 Å². The van der Waals surface area contributed by atoms with Crippen LogP contribution in [0.3, 0.4) is 0 Å². The van der Waals surface area contributed by atoms with Gasteiger partial charge in [0.15, 0.2) is 0 Å². The third-order valence-electron chi connectivity index (χ3n) is 3.36. The van der Waals surface area contributed by atoms with E-state index in [0.717, 1.165) is 37.1 Å². The molecule has 0 spiro atoms. The Balaban J connectivity index is 1.63. The second-order valence-electron chi connectivity index (χ2n) is 4.75. The van der Waals surface area contributed by atoms with Crippen molar-refractivity contribution in [2.75, 3.05) is 12.3 Å². The maximum absolute atomic E-state index is 5.90. The molecule has 0 saturated carbocycles.